The molecule has 2 aromatic carbocycles. The third-order valence-electron chi connectivity index (χ3n) is 3.06. The number of anilines is 1. The summed E-state index contributed by atoms with van der Waals surface area (Å²) >= 11 is 0. The number of rotatable bonds is 6. The maximum Gasteiger partial charge on any atom is 0.264 e. The fourth-order valence-electron chi connectivity index (χ4n) is 1.94. The van der Waals surface area contributed by atoms with Crippen molar-refractivity contribution in [2.24, 2.45) is 5.73 Å². The molecule has 0 saturated heterocycles. The van der Waals surface area contributed by atoms with Crippen molar-refractivity contribution in [2.75, 3.05) is 18.0 Å². The number of hydrogen-bond acceptors (Lipinski definition) is 4. The van der Waals surface area contributed by atoms with Crippen LogP contribution in [0.15, 0.2) is 53.4 Å². The zero-order valence-electron chi connectivity index (χ0n) is 12.3. The Bertz CT molecular complexity index is 789. The van der Waals surface area contributed by atoms with E-state index in [0.29, 0.717) is 5.75 Å². The second-order valence-electron chi connectivity index (χ2n) is 4.63. The highest BCUT2D eigenvalue weighted by Crippen LogP contribution is 2.25. The van der Waals surface area contributed by atoms with Crippen molar-refractivity contribution in [3.63, 3.8) is 0 Å². The first-order chi connectivity index (χ1) is 10.8. The SMILES string of the molecule is COc1ccc(N(CC(N)=O)S(=O)(=O)c2ccc(F)cc2)cc1. The van der Waals surface area contributed by atoms with Crippen LogP contribution >= 0.6 is 0 Å². The van der Waals surface area contributed by atoms with Crippen LogP contribution in [-0.2, 0) is 14.8 Å². The van der Waals surface area contributed by atoms with E-state index in [-0.39, 0.29) is 10.6 Å². The number of primary amides is 1. The maximum absolute atomic E-state index is 13.0. The summed E-state index contributed by atoms with van der Waals surface area (Å²) in [5.74, 6) is -0.840. The van der Waals surface area contributed by atoms with E-state index in [9.17, 15) is 17.6 Å². The number of sulfonamides is 1. The molecule has 0 aliphatic carbocycles. The Morgan fingerprint density at radius 1 is 1.13 bits per heavy atom. The molecule has 1 amide bonds. The second kappa shape index (κ2) is 6.66. The van der Waals surface area contributed by atoms with Gasteiger partial charge in [0.05, 0.1) is 17.7 Å². The second-order valence-corrected chi connectivity index (χ2v) is 6.49. The number of ether oxygens (including phenoxy) is 1. The topological polar surface area (TPSA) is 89.7 Å². The predicted molar refractivity (Wildman–Crippen MR) is 83.1 cm³/mol. The van der Waals surface area contributed by atoms with Gasteiger partial charge < -0.3 is 10.5 Å². The summed E-state index contributed by atoms with van der Waals surface area (Å²) in [6.45, 7) is -0.536. The van der Waals surface area contributed by atoms with Crippen LogP contribution in [0, 0.1) is 5.82 Å². The normalized spacial score (nSPS) is 11.0. The van der Waals surface area contributed by atoms with E-state index < -0.39 is 28.3 Å². The Kier molecular flexibility index (Phi) is 4.85. The smallest absolute Gasteiger partial charge is 0.264 e. The molecule has 2 aromatic rings. The zero-order valence-corrected chi connectivity index (χ0v) is 13.1. The van der Waals surface area contributed by atoms with E-state index in [1.165, 1.54) is 19.2 Å². The largest absolute Gasteiger partial charge is 0.497 e. The fourth-order valence-corrected chi connectivity index (χ4v) is 3.37. The number of carbonyl (C=O) groups excluding carboxylic acids is 1. The molecule has 0 aromatic heterocycles. The monoisotopic (exact) mass is 338 g/mol. The fraction of sp³-hybridized carbons (Fsp3) is 0.133. The molecular weight excluding hydrogens is 323 g/mol. The van der Waals surface area contributed by atoms with Crippen LogP contribution in [0.3, 0.4) is 0 Å². The van der Waals surface area contributed by atoms with E-state index in [2.05, 4.69) is 0 Å². The minimum absolute atomic E-state index is 0.143. The van der Waals surface area contributed by atoms with E-state index in [4.69, 9.17) is 10.5 Å². The molecule has 6 nitrogen and oxygen atoms in total. The molecule has 122 valence electrons. The lowest BCUT2D eigenvalue weighted by molar-refractivity contribution is -0.116. The molecule has 0 aliphatic rings. The van der Waals surface area contributed by atoms with Gasteiger partial charge >= 0.3 is 0 Å². The molecule has 0 heterocycles. The number of carbonyl (C=O) groups is 1. The standard InChI is InChI=1S/C15H15FN2O4S/c1-22-13-6-4-12(5-7-13)18(10-15(17)19)23(20,21)14-8-2-11(16)3-9-14/h2-9H,10H2,1H3,(H2,17,19). The quantitative estimate of drug-likeness (QED) is 0.864. The highest BCUT2D eigenvalue weighted by Gasteiger charge is 2.26. The van der Waals surface area contributed by atoms with Crippen LogP contribution in [0.5, 0.6) is 5.75 Å². The van der Waals surface area contributed by atoms with Crippen LogP contribution in [-0.4, -0.2) is 28.0 Å². The number of nitrogens with two attached hydrogens (primary N) is 1. The maximum atomic E-state index is 13.0. The van der Waals surface area contributed by atoms with Gasteiger partial charge in [0, 0.05) is 0 Å². The minimum Gasteiger partial charge on any atom is -0.497 e. The van der Waals surface area contributed by atoms with E-state index in [1.54, 1.807) is 12.1 Å². The number of amides is 1. The Hall–Kier alpha value is -2.61. The summed E-state index contributed by atoms with van der Waals surface area (Å²) in [4.78, 5) is 11.1. The molecule has 23 heavy (non-hydrogen) atoms. The highest BCUT2D eigenvalue weighted by molar-refractivity contribution is 7.92. The first-order valence-corrected chi connectivity index (χ1v) is 7.99. The number of nitrogens with zero attached hydrogens (tertiary/aromatic N) is 1. The minimum atomic E-state index is -4.06. The van der Waals surface area contributed by atoms with Crippen LogP contribution in [0.25, 0.3) is 0 Å². The lowest BCUT2D eigenvalue weighted by Gasteiger charge is -2.23. The van der Waals surface area contributed by atoms with Crippen molar-refractivity contribution in [1.82, 2.24) is 0 Å². The van der Waals surface area contributed by atoms with Gasteiger partial charge in [-0.15, -0.1) is 0 Å². The molecule has 0 fully saturated rings. The van der Waals surface area contributed by atoms with Crippen LogP contribution in [0.1, 0.15) is 0 Å². The predicted octanol–water partition coefficient (Wildman–Crippen LogP) is 1.51. The van der Waals surface area contributed by atoms with Crippen molar-refractivity contribution in [3.05, 3.63) is 54.3 Å². The molecular formula is C15H15FN2O4S. The van der Waals surface area contributed by atoms with Gasteiger partial charge in [0.1, 0.15) is 18.1 Å². The Balaban J connectivity index is 2.48. The number of methoxy groups -OCH3 is 1. The summed E-state index contributed by atoms with van der Waals surface area (Å²) < 4.78 is 44.3. The Morgan fingerprint density at radius 3 is 2.17 bits per heavy atom. The first kappa shape index (κ1) is 16.8. The van der Waals surface area contributed by atoms with Gasteiger partial charge in [-0.3, -0.25) is 9.10 Å². The van der Waals surface area contributed by atoms with Gasteiger partial charge in [0.15, 0.2) is 0 Å². The van der Waals surface area contributed by atoms with Crippen molar-refractivity contribution in [2.45, 2.75) is 4.90 Å². The van der Waals surface area contributed by atoms with Crippen molar-refractivity contribution >= 4 is 21.6 Å². The molecule has 2 N–H and O–H groups in total. The molecule has 0 bridgehead atoms. The summed E-state index contributed by atoms with van der Waals surface area (Å²) in [6, 6.07) is 10.4. The van der Waals surface area contributed by atoms with Gasteiger partial charge in [-0.1, -0.05) is 0 Å². The molecule has 0 radical (unpaired) electrons. The molecule has 0 saturated carbocycles. The molecule has 0 aliphatic heterocycles. The average Bonchev–Trinajstić information content (AvgIpc) is 2.53. The first-order valence-electron chi connectivity index (χ1n) is 6.55. The third kappa shape index (κ3) is 3.78. The average molecular weight is 338 g/mol. The highest BCUT2D eigenvalue weighted by atomic mass is 32.2. The Morgan fingerprint density at radius 2 is 1.70 bits per heavy atom. The summed E-state index contributed by atoms with van der Waals surface area (Å²) in [6.07, 6.45) is 0. The summed E-state index contributed by atoms with van der Waals surface area (Å²) in [5.41, 5.74) is 5.40. The van der Waals surface area contributed by atoms with Gasteiger partial charge in [-0.2, -0.15) is 0 Å². The van der Waals surface area contributed by atoms with Crippen molar-refractivity contribution in [1.29, 1.82) is 0 Å². The molecule has 2 rings (SSSR count). The van der Waals surface area contributed by atoms with Crippen LogP contribution in [0.2, 0.25) is 0 Å². The molecule has 0 spiro atoms. The van der Waals surface area contributed by atoms with Gasteiger partial charge in [-0.05, 0) is 48.5 Å². The molecule has 8 heteroatoms. The number of benzene rings is 2. The molecule has 0 atom stereocenters. The lowest BCUT2D eigenvalue weighted by Crippen LogP contribution is -2.38. The van der Waals surface area contributed by atoms with E-state index in [1.807, 2.05) is 0 Å². The van der Waals surface area contributed by atoms with Gasteiger partial charge in [-0.25, -0.2) is 12.8 Å². The van der Waals surface area contributed by atoms with Gasteiger partial charge in [0.25, 0.3) is 10.0 Å². The summed E-state index contributed by atoms with van der Waals surface area (Å²) in [7, 11) is -2.58. The van der Waals surface area contributed by atoms with Crippen LogP contribution < -0.4 is 14.8 Å². The van der Waals surface area contributed by atoms with Crippen molar-refractivity contribution in [3.8, 4) is 5.75 Å². The third-order valence-corrected chi connectivity index (χ3v) is 4.85. The van der Waals surface area contributed by atoms with Crippen molar-refractivity contribution < 1.29 is 22.3 Å². The molecule has 0 unspecified atom stereocenters. The summed E-state index contributed by atoms with van der Waals surface area (Å²) in [5, 5.41) is 0. The lowest BCUT2D eigenvalue weighted by atomic mass is 10.3. The van der Waals surface area contributed by atoms with E-state index in [0.717, 1.165) is 28.6 Å². The van der Waals surface area contributed by atoms with Gasteiger partial charge in [0.2, 0.25) is 5.91 Å². The number of hydrogen-bond donors (Lipinski definition) is 1. The van der Waals surface area contributed by atoms with Crippen LogP contribution in [0.4, 0.5) is 10.1 Å². The number of halogens is 1. The zero-order chi connectivity index (χ0) is 17.0. The Labute approximate surface area is 133 Å². The van der Waals surface area contributed by atoms with E-state index >= 15 is 0 Å².